The molecule has 1 aliphatic heterocycles. The SMILES string of the molecule is CC(=O)N1CCC(Cc2cc(-c3ccc4cn(Cc5ccccc5)nc4c3)c3c(N)ncnn23)C1. The van der Waals surface area contributed by atoms with E-state index in [0.29, 0.717) is 11.7 Å². The Labute approximate surface area is 203 Å². The number of fused-ring (bicyclic) bond motifs is 2. The minimum atomic E-state index is 0.139. The average molecular weight is 466 g/mol. The molecule has 0 spiro atoms. The number of anilines is 1. The number of likely N-dealkylation sites (tertiary alicyclic amines) is 1. The van der Waals surface area contributed by atoms with E-state index in [0.717, 1.165) is 65.7 Å². The smallest absolute Gasteiger partial charge is 0.219 e. The molecule has 5 aromatic rings. The zero-order valence-electron chi connectivity index (χ0n) is 19.6. The molecule has 4 heterocycles. The number of nitrogens with zero attached hydrogens (tertiary/aromatic N) is 6. The number of nitrogen functional groups attached to an aromatic ring is 1. The fraction of sp³-hybridized carbons (Fsp3) is 0.259. The average Bonchev–Trinajstić information content (AvgIpc) is 3.57. The third kappa shape index (κ3) is 4.01. The third-order valence-corrected chi connectivity index (χ3v) is 6.94. The lowest BCUT2D eigenvalue weighted by Gasteiger charge is -2.13. The number of hydrogen-bond donors (Lipinski definition) is 1. The van der Waals surface area contributed by atoms with Gasteiger partial charge in [-0.05, 0) is 42.0 Å². The van der Waals surface area contributed by atoms with Gasteiger partial charge in [0.05, 0.1) is 12.1 Å². The van der Waals surface area contributed by atoms with Gasteiger partial charge >= 0.3 is 0 Å². The lowest BCUT2D eigenvalue weighted by atomic mass is 10.0. The monoisotopic (exact) mass is 465 g/mol. The van der Waals surface area contributed by atoms with Crippen molar-refractivity contribution >= 4 is 28.1 Å². The van der Waals surface area contributed by atoms with Crippen LogP contribution in [0.5, 0.6) is 0 Å². The summed E-state index contributed by atoms with van der Waals surface area (Å²) in [4.78, 5) is 18.0. The molecule has 1 atom stereocenters. The summed E-state index contributed by atoms with van der Waals surface area (Å²) < 4.78 is 3.89. The highest BCUT2D eigenvalue weighted by Gasteiger charge is 2.26. The Morgan fingerprint density at radius 1 is 1.14 bits per heavy atom. The first-order valence-electron chi connectivity index (χ1n) is 11.9. The van der Waals surface area contributed by atoms with Crippen LogP contribution in [-0.2, 0) is 17.8 Å². The standard InChI is InChI=1S/C27H27N7O/c1-18(35)32-10-9-20(14-32)11-23-13-24(26-27(28)29-17-30-34(23)26)21-7-8-22-16-33(31-25(22)12-21)15-19-5-3-2-4-6-19/h2-8,12-13,16-17,20H,9-11,14-15H2,1H3,(H2,28,29,30). The van der Waals surface area contributed by atoms with E-state index in [1.54, 1.807) is 6.92 Å². The molecule has 8 heteroatoms. The maximum atomic E-state index is 11.8. The van der Waals surface area contributed by atoms with E-state index >= 15 is 0 Å². The maximum Gasteiger partial charge on any atom is 0.219 e. The fourth-order valence-corrected chi connectivity index (χ4v) is 5.17. The topological polar surface area (TPSA) is 94.3 Å². The van der Waals surface area contributed by atoms with E-state index in [4.69, 9.17) is 10.8 Å². The van der Waals surface area contributed by atoms with Crippen molar-refractivity contribution in [2.75, 3.05) is 18.8 Å². The molecule has 0 radical (unpaired) electrons. The summed E-state index contributed by atoms with van der Waals surface area (Å²) in [6.07, 6.45) is 5.40. The normalized spacial score (nSPS) is 15.9. The first-order valence-corrected chi connectivity index (χ1v) is 11.9. The van der Waals surface area contributed by atoms with Gasteiger partial charge < -0.3 is 10.6 Å². The second-order valence-electron chi connectivity index (χ2n) is 9.36. The van der Waals surface area contributed by atoms with Gasteiger partial charge in [0, 0.05) is 42.9 Å². The summed E-state index contributed by atoms with van der Waals surface area (Å²) in [5, 5.41) is 10.4. The molecule has 3 aromatic heterocycles. The van der Waals surface area contributed by atoms with Crippen molar-refractivity contribution in [1.82, 2.24) is 29.3 Å². The molecule has 0 saturated carbocycles. The molecule has 35 heavy (non-hydrogen) atoms. The van der Waals surface area contributed by atoms with Gasteiger partial charge in [0.25, 0.3) is 0 Å². The minimum Gasteiger partial charge on any atom is -0.382 e. The molecule has 176 valence electrons. The second kappa shape index (κ2) is 8.54. The van der Waals surface area contributed by atoms with Gasteiger partial charge in [0.15, 0.2) is 5.82 Å². The number of amides is 1. The summed E-state index contributed by atoms with van der Waals surface area (Å²) in [6, 6.07) is 18.8. The molecule has 1 unspecified atom stereocenters. The van der Waals surface area contributed by atoms with Gasteiger partial charge in [0.1, 0.15) is 11.8 Å². The van der Waals surface area contributed by atoms with Crippen LogP contribution in [0.3, 0.4) is 0 Å². The van der Waals surface area contributed by atoms with Gasteiger partial charge in [-0.2, -0.15) is 10.2 Å². The van der Waals surface area contributed by atoms with Crippen LogP contribution in [0, 0.1) is 5.92 Å². The molecule has 1 fully saturated rings. The lowest BCUT2D eigenvalue weighted by Crippen LogP contribution is -2.26. The Balaban J connectivity index is 1.35. The van der Waals surface area contributed by atoms with Gasteiger partial charge in [-0.15, -0.1) is 0 Å². The molecule has 1 saturated heterocycles. The van der Waals surface area contributed by atoms with Crippen LogP contribution in [0.25, 0.3) is 27.5 Å². The third-order valence-electron chi connectivity index (χ3n) is 6.94. The molecule has 1 amide bonds. The molecule has 8 nitrogen and oxygen atoms in total. The summed E-state index contributed by atoms with van der Waals surface area (Å²) in [5.74, 6) is 0.990. The summed E-state index contributed by atoms with van der Waals surface area (Å²) in [7, 11) is 0. The fourth-order valence-electron chi connectivity index (χ4n) is 5.17. The number of aromatic nitrogens is 5. The van der Waals surface area contributed by atoms with Crippen LogP contribution >= 0.6 is 0 Å². The van der Waals surface area contributed by atoms with E-state index in [1.165, 1.54) is 11.9 Å². The molecule has 0 aliphatic carbocycles. The largest absolute Gasteiger partial charge is 0.382 e. The number of benzene rings is 2. The molecular weight excluding hydrogens is 438 g/mol. The molecule has 0 bridgehead atoms. The van der Waals surface area contributed by atoms with Crippen LogP contribution in [0.2, 0.25) is 0 Å². The predicted molar refractivity (Wildman–Crippen MR) is 136 cm³/mol. The first-order chi connectivity index (χ1) is 17.0. The van der Waals surface area contributed by atoms with E-state index in [9.17, 15) is 4.79 Å². The van der Waals surface area contributed by atoms with Crippen LogP contribution in [0.1, 0.15) is 24.6 Å². The highest BCUT2D eigenvalue weighted by Crippen LogP contribution is 2.33. The van der Waals surface area contributed by atoms with Crippen molar-refractivity contribution in [1.29, 1.82) is 0 Å². The highest BCUT2D eigenvalue weighted by atomic mass is 16.2. The summed E-state index contributed by atoms with van der Waals surface area (Å²) in [6.45, 7) is 3.96. The minimum absolute atomic E-state index is 0.139. The Hall–Kier alpha value is -4.20. The van der Waals surface area contributed by atoms with Gasteiger partial charge in [0.2, 0.25) is 5.91 Å². The first kappa shape index (κ1) is 21.3. The quantitative estimate of drug-likeness (QED) is 0.426. The number of nitrogens with two attached hydrogens (primary N) is 1. The van der Waals surface area contributed by atoms with Gasteiger partial charge in [-0.25, -0.2) is 9.50 Å². The van der Waals surface area contributed by atoms with Crippen molar-refractivity contribution < 1.29 is 4.79 Å². The van der Waals surface area contributed by atoms with Crippen molar-refractivity contribution in [2.45, 2.75) is 26.3 Å². The van der Waals surface area contributed by atoms with Crippen molar-refractivity contribution in [2.24, 2.45) is 5.92 Å². The summed E-state index contributed by atoms with van der Waals surface area (Å²) >= 11 is 0. The molecule has 6 rings (SSSR count). The maximum absolute atomic E-state index is 11.8. The van der Waals surface area contributed by atoms with Crippen LogP contribution in [0.4, 0.5) is 5.82 Å². The van der Waals surface area contributed by atoms with Gasteiger partial charge in [-0.1, -0.05) is 42.5 Å². The molecule has 2 aromatic carbocycles. The van der Waals surface area contributed by atoms with E-state index in [2.05, 4.69) is 52.7 Å². The molecule has 1 aliphatic rings. The van der Waals surface area contributed by atoms with Crippen molar-refractivity contribution in [3.05, 3.63) is 78.4 Å². The Morgan fingerprint density at radius 3 is 2.80 bits per heavy atom. The molecular formula is C27H27N7O. The Kier molecular flexibility index (Phi) is 5.21. The highest BCUT2D eigenvalue weighted by molar-refractivity contribution is 5.92. The van der Waals surface area contributed by atoms with E-state index in [-0.39, 0.29) is 5.91 Å². The van der Waals surface area contributed by atoms with Gasteiger partial charge in [-0.3, -0.25) is 9.48 Å². The Bertz CT molecular complexity index is 1540. The van der Waals surface area contributed by atoms with Crippen LogP contribution in [-0.4, -0.2) is 48.3 Å². The summed E-state index contributed by atoms with van der Waals surface area (Å²) in [5.41, 5.74) is 12.4. The van der Waals surface area contributed by atoms with Crippen molar-refractivity contribution in [3.8, 4) is 11.1 Å². The number of carbonyl (C=O) groups is 1. The van der Waals surface area contributed by atoms with E-state index in [1.807, 2.05) is 32.3 Å². The van der Waals surface area contributed by atoms with Crippen LogP contribution < -0.4 is 5.73 Å². The van der Waals surface area contributed by atoms with Crippen LogP contribution in [0.15, 0.2) is 67.1 Å². The Morgan fingerprint density at radius 2 is 2.00 bits per heavy atom. The zero-order chi connectivity index (χ0) is 23.9. The number of hydrogen-bond acceptors (Lipinski definition) is 5. The predicted octanol–water partition coefficient (Wildman–Crippen LogP) is 3.79. The zero-order valence-corrected chi connectivity index (χ0v) is 19.6. The van der Waals surface area contributed by atoms with E-state index < -0.39 is 0 Å². The molecule has 2 N–H and O–H groups in total. The van der Waals surface area contributed by atoms with Crippen molar-refractivity contribution in [3.63, 3.8) is 0 Å². The number of rotatable bonds is 5. The number of carbonyl (C=O) groups excluding carboxylic acids is 1. The lowest BCUT2D eigenvalue weighted by molar-refractivity contribution is -0.127. The second-order valence-corrected chi connectivity index (χ2v) is 9.36.